The van der Waals surface area contributed by atoms with E-state index in [4.69, 9.17) is 10.5 Å². The molecule has 2 aromatic carbocycles. The largest absolute Gasteiger partial charge is 0.461 e. The first-order chi connectivity index (χ1) is 13.1. The van der Waals surface area contributed by atoms with E-state index >= 15 is 0 Å². The number of imide groups is 1. The van der Waals surface area contributed by atoms with Crippen molar-refractivity contribution in [3.63, 3.8) is 0 Å². The SMILES string of the molecule is CCCCN1C(=O)c2cccc3c(OC4=CC=C(N)CC4)ccc(c23)C1=O. The third-order valence-electron chi connectivity index (χ3n) is 5.07. The number of hydrogen-bond acceptors (Lipinski definition) is 4. The average Bonchev–Trinajstić information content (AvgIpc) is 2.68. The van der Waals surface area contributed by atoms with Crippen LogP contribution in [0.5, 0.6) is 5.75 Å². The highest BCUT2D eigenvalue weighted by Gasteiger charge is 2.33. The fourth-order valence-electron chi connectivity index (χ4n) is 3.59. The van der Waals surface area contributed by atoms with Gasteiger partial charge in [-0.25, -0.2) is 0 Å². The lowest BCUT2D eigenvalue weighted by atomic mass is 9.93. The number of unbranched alkanes of at least 4 members (excludes halogenated alkanes) is 1. The lowest BCUT2D eigenvalue weighted by Crippen LogP contribution is -2.40. The van der Waals surface area contributed by atoms with Crippen LogP contribution in [-0.2, 0) is 0 Å². The predicted octanol–water partition coefficient (Wildman–Crippen LogP) is 4.14. The standard InChI is InChI=1S/C22H22N2O3/c1-2-3-13-24-21(25)17-6-4-5-16-19(12-11-18(20(16)17)22(24)26)27-15-9-7-14(23)8-10-15/h4-7,9,11-12H,2-3,8,10,13,23H2,1H3. The van der Waals surface area contributed by atoms with Gasteiger partial charge in [0.05, 0.1) is 0 Å². The number of hydrogen-bond donors (Lipinski definition) is 1. The van der Waals surface area contributed by atoms with Gasteiger partial charge < -0.3 is 10.5 Å². The Morgan fingerprint density at radius 2 is 1.81 bits per heavy atom. The van der Waals surface area contributed by atoms with Crippen LogP contribution in [0.4, 0.5) is 0 Å². The summed E-state index contributed by atoms with van der Waals surface area (Å²) in [5.41, 5.74) is 7.76. The van der Waals surface area contributed by atoms with Gasteiger partial charge in [-0.3, -0.25) is 14.5 Å². The van der Waals surface area contributed by atoms with E-state index in [-0.39, 0.29) is 11.8 Å². The fraction of sp³-hybridized carbons (Fsp3) is 0.273. The van der Waals surface area contributed by atoms with E-state index in [1.54, 1.807) is 12.1 Å². The minimum atomic E-state index is -0.226. The molecule has 2 aliphatic rings. The van der Waals surface area contributed by atoms with Gasteiger partial charge in [0.15, 0.2) is 0 Å². The van der Waals surface area contributed by atoms with Gasteiger partial charge in [-0.05, 0) is 43.2 Å². The molecular weight excluding hydrogens is 340 g/mol. The Morgan fingerprint density at radius 3 is 2.52 bits per heavy atom. The number of rotatable bonds is 5. The zero-order valence-corrected chi connectivity index (χ0v) is 15.3. The molecule has 1 aliphatic heterocycles. The van der Waals surface area contributed by atoms with E-state index in [0.717, 1.165) is 42.5 Å². The predicted molar refractivity (Wildman–Crippen MR) is 104 cm³/mol. The Balaban J connectivity index is 1.78. The minimum Gasteiger partial charge on any atom is -0.461 e. The summed E-state index contributed by atoms with van der Waals surface area (Å²) >= 11 is 0. The van der Waals surface area contributed by atoms with Crippen LogP contribution in [0.15, 0.2) is 53.9 Å². The molecule has 4 rings (SSSR count). The highest BCUT2D eigenvalue weighted by atomic mass is 16.5. The number of allylic oxidation sites excluding steroid dienone is 4. The summed E-state index contributed by atoms with van der Waals surface area (Å²) < 4.78 is 6.08. The molecule has 5 heteroatoms. The summed E-state index contributed by atoms with van der Waals surface area (Å²) in [6, 6.07) is 9.10. The van der Waals surface area contributed by atoms with Crippen molar-refractivity contribution in [2.75, 3.05) is 6.54 Å². The number of nitrogens with zero attached hydrogens (tertiary/aromatic N) is 1. The van der Waals surface area contributed by atoms with Crippen LogP contribution in [-0.4, -0.2) is 23.3 Å². The molecule has 0 radical (unpaired) electrons. The van der Waals surface area contributed by atoms with Crippen LogP contribution in [0.3, 0.4) is 0 Å². The Hall–Kier alpha value is -3.08. The van der Waals surface area contributed by atoms with Crippen molar-refractivity contribution in [2.24, 2.45) is 5.73 Å². The number of nitrogens with two attached hydrogens (primary N) is 1. The topological polar surface area (TPSA) is 72.6 Å². The van der Waals surface area contributed by atoms with Crippen LogP contribution in [0, 0.1) is 0 Å². The van der Waals surface area contributed by atoms with Crippen LogP contribution in [0.2, 0.25) is 0 Å². The summed E-state index contributed by atoms with van der Waals surface area (Å²) in [5, 5.41) is 1.47. The monoisotopic (exact) mass is 362 g/mol. The van der Waals surface area contributed by atoms with Gasteiger partial charge in [-0.2, -0.15) is 0 Å². The second-order valence-electron chi connectivity index (χ2n) is 6.93. The molecule has 0 aromatic heterocycles. The maximum atomic E-state index is 12.9. The highest BCUT2D eigenvalue weighted by Crippen LogP contribution is 2.36. The summed E-state index contributed by atoms with van der Waals surface area (Å²) in [7, 11) is 0. The van der Waals surface area contributed by atoms with Gasteiger partial charge in [0.25, 0.3) is 11.8 Å². The number of amides is 2. The first kappa shape index (κ1) is 17.3. The molecule has 5 nitrogen and oxygen atoms in total. The van der Waals surface area contributed by atoms with Crippen molar-refractivity contribution in [3.05, 3.63) is 65.1 Å². The highest BCUT2D eigenvalue weighted by molar-refractivity contribution is 6.26. The lowest BCUT2D eigenvalue weighted by molar-refractivity contribution is 0.0608. The smallest absolute Gasteiger partial charge is 0.261 e. The normalized spacial score (nSPS) is 16.4. The second-order valence-corrected chi connectivity index (χ2v) is 6.93. The molecule has 1 aliphatic carbocycles. The second kappa shape index (κ2) is 6.91. The third-order valence-corrected chi connectivity index (χ3v) is 5.07. The van der Waals surface area contributed by atoms with Gasteiger partial charge in [-0.1, -0.05) is 25.5 Å². The van der Waals surface area contributed by atoms with E-state index in [1.165, 1.54) is 4.90 Å². The Morgan fingerprint density at radius 1 is 1.04 bits per heavy atom. The van der Waals surface area contributed by atoms with Crippen molar-refractivity contribution in [2.45, 2.75) is 32.6 Å². The molecule has 0 unspecified atom stereocenters. The Labute approximate surface area is 158 Å². The van der Waals surface area contributed by atoms with Gasteiger partial charge in [-0.15, -0.1) is 0 Å². The van der Waals surface area contributed by atoms with Gasteiger partial charge in [0, 0.05) is 40.6 Å². The molecule has 0 bridgehead atoms. The van der Waals surface area contributed by atoms with E-state index in [9.17, 15) is 9.59 Å². The van der Waals surface area contributed by atoms with E-state index in [2.05, 4.69) is 0 Å². The number of carbonyl (C=O) groups is 2. The van der Waals surface area contributed by atoms with Gasteiger partial charge in [0.2, 0.25) is 0 Å². The summed E-state index contributed by atoms with van der Waals surface area (Å²) in [4.78, 5) is 27.1. The number of ether oxygens (including phenoxy) is 1. The molecule has 0 saturated carbocycles. The van der Waals surface area contributed by atoms with E-state index in [0.29, 0.717) is 28.8 Å². The summed E-state index contributed by atoms with van der Waals surface area (Å²) in [6.07, 6.45) is 6.94. The van der Waals surface area contributed by atoms with Crippen molar-refractivity contribution in [1.82, 2.24) is 4.90 Å². The Bertz CT molecular complexity index is 982. The van der Waals surface area contributed by atoms with E-state index < -0.39 is 0 Å². The van der Waals surface area contributed by atoms with Gasteiger partial charge >= 0.3 is 0 Å². The first-order valence-corrected chi connectivity index (χ1v) is 9.35. The molecular formula is C22H22N2O3. The van der Waals surface area contributed by atoms with E-state index in [1.807, 2.05) is 37.3 Å². The van der Waals surface area contributed by atoms with Crippen molar-refractivity contribution < 1.29 is 14.3 Å². The molecule has 27 heavy (non-hydrogen) atoms. The molecule has 0 fully saturated rings. The zero-order valence-electron chi connectivity index (χ0n) is 15.3. The molecule has 2 aromatic rings. The molecule has 0 saturated heterocycles. The molecule has 1 heterocycles. The van der Waals surface area contributed by atoms with Crippen LogP contribution >= 0.6 is 0 Å². The fourth-order valence-corrected chi connectivity index (χ4v) is 3.59. The average molecular weight is 362 g/mol. The van der Waals surface area contributed by atoms with Crippen LogP contribution in [0.25, 0.3) is 10.8 Å². The zero-order chi connectivity index (χ0) is 19.0. The summed E-state index contributed by atoms with van der Waals surface area (Å²) in [5.74, 6) is 1.02. The maximum Gasteiger partial charge on any atom is 0.261 e. The lowest BCUT2D eigenvalue weighted by Gasteiger charge is -2.27. The van der Waals surface area contributed by atoms with Crippen molar-refractivity contribution in [3.8, 4) is 5.75 Å². The molecule has 138 valence electrons. The molecule has 0 spiro atoms. The third kappa shape index (κ3) is 2.99. The maximum absolute atomic E-state index is 12.9. The first-order valence-electron chi connectivity index (χ1n) is 9.35. The Kier molecular flexibility index (Phi) is 4.44. The number of benzene rings is 2. The summed E-state index contributed by atoms with van der Waals surface area (Å²) in [6.45, 7) is 2.49. The quantitative estimate of drug-likeness (QED) is 0.812. The molecule has 2 amide bonds. The van der Waals surface area contributed by atoms with Crippen LogP contribution in [0.1, 0.15) is 53.3 Å². The van der Waals surface area contributed by atoms with Crippen molar-refractivity contribution in [1.29, 1.82) is 0 Å². The van der Waals surface area contributed by atoms with Crippen molar-refractivity contribution >= 4 is 22.6 Å². The van der Waals surface area contributed by atoms with Crippen LogP contribution < -0.4 is 10.5 Å². The molecule has 0 atom stereocenters. The molecule has 2 N–H and O–H groups in total. The number of carbonyl (C=O) groups excluding carboxylic acids is 2. The minimum absolute atomic E-state index is 0.226. The van der Waals surface area contributed by atoms with Gasteiger partial charge in [0.1, 0.15) is 11.5 Å².